The highest BCUT2D eigenvalue weighted by molar-refractivity contribution is 7.99. The third-order valence-electron chi connectivity index (χ3n) is 4.17. The minimum atomic E-state index is -0.152. The van der Waals surface area contributed by atoms with Crippen LogP contribution in [-0.2, 0) is 4.79 Å². The summed E-state index contributed by atoms with van der Waals surface area (Å²) in [6, 6.07) is 13.4. The molecule has 0 spiro atoms. The number of nitrogens with zero attached hydrogens (tertiary/aromatic N) is 4. The average Bonchev–Trinajstić information content (AvgIpc) is 3.09. The van der Waals surface area contributed by atoms with E-state index in [0.717, 1.165) is 22.4 Å². The number of benzene rings is 2. The molecule has 30 heavy (non-hydrogen) atoms. The molecule has 3 rings (SSSR count). The number of para-hydroxylation sites is 1. The van der Waals surface area contributed by atoms with E-state index in [0.29, 0.717) is 10.9 Å². The van der Waals surface area contributed by atoms with Crippen LogP contribution < -0.4 is 21.3 Å². The fourth-order valence-electron chi connectivity index (χ4n) is 2.57. The molecule has 0 saturated heterocycles. The van der Waals surface area contributed by atoms with Gasteiger partial charge in [-0.15, -0.1) is 10.2 Å². The maximum atomic E-state index is 12.3. The lowest BCUT2D eigenvalue weighted by molar-refractivity contribution is -0.113. The molecule has 1 aromatic heterocycles. The van der Waals surface area contributed by atoms with Crippen molar-refractivity contribution in [3.05, 3.63) is 59.2 Å². The number of ether oxygens (including phenoxy) is 1. The van der Waals surface area contributed by atoms with Crippen LogP contribution in [0.1, 0.15) is 16.7 Å². The molecular weight excluding hydrogens is 402 g/mol. The summed E-state index contributed by atoms with van der Waals surface area (Å²) in [6.07, 6.45) is 1.60. The Morgan fingerprint density at radius 3 is 2.87 bits per heavy atom. The first-order valence-electron chi connectivity index (χ1n) is 9.10. The minimum absolute atomic E-state index is 0.146. The van der Waals surface area contributed by atoms with Gasteiger partial charge < -0.3 is 15.9 Å². The van der Waals surface area contributed by atoms with Crippen LogP contribution in [0.15, 0.2) is 52.7 Å². The average molecular weight is 426 g/mol. The normalized spacial score (nSPS) is 10.9. The second-order valence-electron chi connectivity index (χ2n) is 6.44. The molecule has 4 N–H and O–H groups in total. The van der Waals surface area contributed by atoms with E-state index in [1.165, 1.54) is 16.4 Å². The Balaban J connectivity index is 1.56. The summed E-state index contributed by atoms with van der Waals surface area (Å²) in [5.74, 6) is 6.94. The molecule has 0 saturated carbocycles. The number of thioether (sulfide) groups is 1. The Labute approximate surface area is 178 Å². The number of carbonyl (C=O) groups excluding carboxylic acids is 1. The number of anilines is 2. The number of rotatable bonds is 8. The molecule has 0 aliphatic rings. The van der Waals surface area contributed by atoms with Crippen molar-refractivity contribution < 1.29 is 9.53 Å². The maximum absolute atomic E-state index is 12.3. The van der Waals surface area contributed by atoms with Crippen LogP contribution >= 0.6 is 11.8 Å². The molecule has 0 bridgehead atoms. The fourth-order valence-corrected chi connectivity index (χ4v) is 3.23. The van der Waals surface area contributed by atoms with Crippen molar-refractivity contribution >= 4 is 35.5 Å². The van der Waals surface area contributed by atoms with E-state index in [4.69, 9.17) is 10.6 Å². The van der Waals surface area contributed by atoms with E-state index in [1.807, 2.05) is 56.3 Å². The lowest BCUT2D eigenvalue weighted by atomic mass is 10.1. The lowest BCUT2D eigenvalue weighted by Gasteiger charge is -2.09. The molecule has 0 radical (unpaired) electrons. The van der Waals surface area contributed by atoms with Crippen molar-refractivity contribution in [2.45, 2.75) is 19.0 Å². The van der Waals surface area contributed by atoms with E-state index in [2.05, 4.69) is 26.0 Å². The number of hydrogen-bond acceptors (Lipinski definition) is 8. The van der Waals surface area contributed by atoms with Crippen molar-refractivity contribution in [2.24, 2.45) is 5.10 Å². The number of hydrogen-bond donors (Lipinski definition) is 3. The van der Waals surface area contributed by atoms with E-state index in [1.54, 1.807) is 13.3 Å². The number of aryl methyl sites for hydroxylation is 2. The number of amides is 1. The van der Waals surface area contributed by atoms with Crippen molar-refractivity contribution in [3.8, 4) is 5.75 Å². The van der Waals surface area contributed by atoms with E-state index < -0.39 is 0 Å². The second kappa shape index (κ2) is 9.79. The predicted octanol–water partition coefficient (Wildman–Crippen LogP) is 2.79. The third kappa shape index (κ3) is 5.29. The van der Waals surface area contributed by atoms with Crippen molar-refractivity contribution in [3.63, 3.8) is 0 Å². The molecule has 0 aliphatic carbocycles. The first kappa shape index (κ1) is 21.2. The van der Waals surface area contributed by atoms with Gasteiger partial charge in [-0.3, -0.25) is 4.79 Å². The van der Waals surface area contributed by atoms with Gasteiger partial charge in [0.15, 0.2) is 0 Å². The van der Waals surface area contributed by atoms with E-state index in [-0.39, 0.29) is 17.6 Å². The van der Waals surface area contributed by atoms with Crippen LogP contribution in [0.2, 0.25) is 0 Å². The second-order valence-corrected chi connectivity index (χ2v) is 7.39. The predicted molar refractivity (Wildman–Crippen MR) is 120 cm³/mol. The highest BCUT2D eigenvalue weighted by atomic mass is 32.2. The van der Waals surface area contributed by atoms with Crippen LogP contribution in [0, 0.1) is 13.8 Å². The Bertz CT molecular complexity index is 1070. The number of methoxy groups -OCH3 is 1. The Hall–Kier alpha value is -3.53. The summed E-state index contributed by atoms with van der Waals surface area (Å²) in [7, 11) is 1.59. The molecule has 0 aliphatic heterocycles. The molecule has 2 aromatic carbocycles. The number of nitrogens with two attached hydrogens (primary N) is 1. The van der Waals surface area contributed by atoms with Gasteiger partial charge in [0.1, 0.15) is 5.75 Å². The van der Waals surface area contributed by atoms with Gasteiger partial charge in [0, 0.05) is 11.3 Å². The molecule has 3 aromatic rings. The lowest BCUT2D eigenvalue weighted by Crippen LogP contribution is -2.17. The smallest absolute Gasteiger partial charge is 0.264 e. The highest BCUT2D eigenvalue weighted by Gasteiger charge is 2.12. The van der Waals surface area contributed by atoms with Gasteiger partial charge in [-0.25, -0.2) is 10.1 Å². The monoisotopic (exact) mass is 425 g/mol. The molecule has 1 heterocycles. The molecule has 1 amide bonds. The summed E-state index contributed by atoms with van der Waals surface area (Å²) in [5, 5.41) is 15.4. The molecule has 10 heteroatoms. The zero-order chi connectivity index (χ0) is 21.5. The number of carbonyl (C=O) groups is 1. The Kier molecular flexibility index (Phi) is 6.91. The first-order valence-corrected chi connectivity index (χ1v) is 10.1. The van der Waals surface area contributed by atoms with Crippen LogP contribution in [0.5, 0.6) is 5.75 Å². The van der Waals surface area contributed by atoms with Crippen molar-refractivity contribution in [1.82, 2.24) is 14.9 Å². The van der Waals surface area contributed by atoms with Crippen LogP contribution in [-0.4, -0.2) is 39.9 Å². The highest BCUT2D eigenvalue weighted by Crippen LogP contribution is 2.20. The van der Waals surface area contributed by atoms with Crippen LogP contribution in [0.3, 0.4) is 0 Å². The third-order valence-corrected chi connectivity index (χ3v) is 5.11. The van der Waals surface area contributed by atoms with Gasteiger partial charge in [-0.1, -0.05) is 36.0 Å². The van der Waals surface area contributed by atoms with Gasteiger partial charge in [-0.2, -0.15) is 5.10 Å². The summed E-state index contributed by atoms with van der Waals surface area (Å²) < 4.78 is 6.51. The molecule has 156 valence electrons. The van der Waals surface area contributed by atoms with Crippen molar-refractivity contribution in [1.29, 1.82) is 0 Å². The summed E-state index contributed by atoms with van der Waals surface area (Å²) >= 11 is 1.18. The topological polar surface area (TPSA) is 119 Å². The summed E-state index contributed by atoms with van der Waals surface area (Å²) in [6.45, 7) is 3.92. The van der Waals surface area contributed by atoms with Gasteiger partial charge in [0.2, 0.25) is 11.1 Å². The van der Waals surface area contributed by atoms with Crippen LogP contribution in [0.4, 0.5) is 11.6 Å². The van der Waals surface area contributed by atoms with E-state index >= 15 is 0 Å². The molecule has 0 atom stereocenters. The van der Waals surface area contributed by atoms with Crippen LogP contribution in [0.25, 0.3) is 0 Å². The van der Waals surface area contributed by atoms with Gasteiger partial charge in [0.25, 0.3) is 5.95 Å². The van der Waals surface area contributed by atoms with Crippen molar-refractivity contribution in [2.75, 3.05) is 29.4 Å². The first-order chi connectivity index (χ1) is 14.5. The maximum Gasteiger partial charge on any atom is 0.264 e. The molecule has 9 nitrogen and oxygen atoms in total. The number of aromatic nitrogens is 3. The zero-order valence-electron chi connectivity index (χ0n) is 16.9. The summed E-state index contributed by atoms with van der Waals surface area (Å²) in [5.41, 5.74) is 6.41. The summed E-state index contributed by atoms with van der Waals surface area (Å²) in [4.78, 5) is 12.3. The van der Waals surface area contributed by atoms with Gasteiger partial charge in [-0.05, 0) is 43.2 Å². The molecular formula is C20H23N7O2S. The largest absolute Gasteiger partial charge is 0.496 e. The Morgan fingerprint density at radius 1 is 1.27 bits per heavy atom. The fraction of sp³-hybridized carbons (Fsp3) is 0.200. The van der Waals surface area contributed by atoms with E-state index in [9.17, 15) is 4.79 Å². The number of hydrazone groups is 1. The van der Waals surface area contributed by atoms with Gasteiger partial charge in [0.05, 0.1) is 19.1 Å². The zero-order valence-corrected chi connectivity index (χ0v) is 17.7. The quantitative estimate of drug-likeness (QED) is 0.220. The Morgan fingerprint density at radius 2 is 2.07 bits per heavy atom. The standard InChI is InChI=1S/C20H23N7O2S/c1-13-8-9-14(2)16(10-13)23-18(28)12-30-20-26-25-19(27(20)21)24-22-11-15-6-4-5-7-17(15)29-3/h4-11H,12,21H2,1-3H3,(H,23,28)(H,24,25)/b22-11+. The number of nitrogen functional groups attached to an aromatic ring is 1. The minimum Gasteiger partial charge on any atom is -0.496 e. The number of nitrogens with one attached hydrogen (secondary N) is 2. The molecule has 0 fully saturated rings. The SMILES string of the molecule is COc1ccccc1/C=N/Nc1nnc(SCC(=O)Nc2cc(C)ccc2C)n1N. The molecule has 0 unspecified atom stereocenters. The van der Waals surface area contributed by atoms with Gasteiger partial charge >= 0.3 is 0 Å².